The molecule has 3 aromatic rings. The number of carbonyl (C=O) groups excluding carboxylic acids is 1. The van der Waals surface area contributed by atoms with Gasteiger partial charge < -0.3 is 9.47 Å². The summed E-state index contributed by atoms with van der Waals surface area (Å²) in [6.45, 7) is 0. The third kappa shape index (κ3) is 4.23. The Morgan fingerprint density at radius 1 is 1.14 bits per heavy atom. The van der Waals surface area contributed by atoms with Crippen LogP contribution in [-0.2, 0) is 6.42 Å². The van der Waals surface area contributed by atoms with Gasteiger partial charge in [-0.3, -0.25) is 20.2 Å². The molecule has 0 bridgehead atoms. The monoisotopic (exact) mass is 400 g/mol. The smallest absolute Gasteiger partial charge is 0.286 e. The molecule has 3 rings (SSSR count). The Morgan fingerprint density at radius 2 is 1.82 bits per heavy atom. The number of nitrogens with zero attached hydrogens (tertiary/aromatic N) is 3. The summed E-state index contributed by atoms with van der Waals surface area (Å²) < 4.78 is 10.2. The van der Waals surface area contributed by atoms with E-state index in [4.69, 9.17) is 9.47 Å². The van der Waals surface area contributed by atoms with E-state index in [1.54, 1.807) is 0 Å². The van der Waals surface area contributed by atoms with Gasteiger partial charge in [-0.05, 0) is 5.56 Å². The lowest BCUT2D eigenvalue weighted by atomic mass is 10.1. The van der Waals surface area contributed by atoms with Crippen molar-refractivity contribution in [1.82, 2.24) is 10.2 Å². The summed E-state index contributed by atoms with van der Waals surface area (Å²) in [6, 6.07) is 12.1. The van der Waals surface area contributed by atoms with E-state index in [1.807, 2.05) is 30.3 Å². The maximum absolute atomic E-state index is 12.6. The summed E-state index contributed by atoms with van der Waals surface area (Å²) >= 11 is 1.20. The molecule has 0 radical (unpaired) electrons. The highest BCUT2D eigenvalue weighted by molar-refractivity contribution is 7.15. The lowest BCUT2D eigenvalue weighted by Crippen LogP contribution is -2.14. The Balaban J connectivity index is 1.82. The number of ether oxygens (including phenoxy) is 2. The third-order valence-corrected chi connectivity index (χ3v) is 4.67. The van der Waals surface area contributed by atoms with Crippen LogP contribution in [-0.4, -0.2) is 35.2 Å². The molecule has 0 aliphatic carbocycles. The SMILES string of the molecule is COc1cc(C(=O)Nc2nnc(Cc3ccccc3)s2)c([N+](=O)[O-])cc1OC. The second-order valence-electron chi connectivity index (χ2n) is 5.60. The van der Waals surface area contributed by atoms with E-state index in [-0.39, 0.29) is 22.2 Å². The van der Waals surface area contributed by atoms with Crippen LogP contribution >= 0.6 is 11.3 Å². The van der Waals surface area contributed by atoms with Gasteiger partial charge in [-0.15, -0.1) is 10.2 Å². The molecule has 28 heavy (non-hydrogen) atoms. The summed E-state index contributed by atoms with van der Waals surface area (Å²) in [5, 5.41) is 22.9. The van der Waals surface area contributed by atoms with Crippen LogP contribution in [0.2, 0.25) is 0 Å². The molecule has 0 fully saturated rings. The molecule has 1 amide bonds. The fraction of sp³-hybridized carbons (Fsp3) is 0.167. The van der Waals surface area contributed by atoms with Crippen molar-refractivity contribution in [2.24, 2.45) is 0 Å². The van der Waals surface area contributed by atoms with Crippen molar-refractivity contribution in [3.05, 3.63) is 68.7 Å². The van der Waals surface area contributed by atoms with Crippen molar-refractivity contribution in [3.63, 3.8) is 0 Å². The van der Waals surface area contributed by atoms with Crippen LogP contribution in [0.5, 0.6) is 11.5 Å². The summed E-state index contributed by atoms with van der Waals surface area (Å²) in [4.78, 5) is 23.3. The first-order valence-electron chi connectivity index (χ1n) is 8.10. The number of hydrogen-bond donors (Lipinski definition) is 1. The van der Waals surface area contributed by atoms with Crippen LogP contribution in [0.4, 0.5) is 10.8 Å². The minimum atomic E-state index is -0.685. The zero-order chi connectivity index (χ0) is 20.1. The number of methoxy groups -OCH3 is 2. The minimum Gasteiger partial charge on any atom is -0.493 e. The molecule has 1 heterocycles. The number of nitro benzene ring substituents is 1. The molecule has 0 atom stereocenters. The zero-order valence-corrected chi connectivity index (χ0v) is 15.9. The Hall–Kier alpha value is -3.53. The van der Waals surface area contributed by atoms with Gasteiger partial charge in [0.2, 0.25) is 5.13 Å². The molecule has 0 aliphatic rings. The third-order valence-electron chi connectivity index (χ3n) is 3.83. The highest BCUT2D eigenvalue weighted by atomic mass is 32.1. The van der Waals surface area contributed by atoms with Gasteiger partial charge in [0.1, 0.15) is 10.6 Å². The Bertz CT molecular complexity index is 1010. The fourth-order valence-electron chi connectivity index (χ4n) is 2.51. The van der Waals surface area contributed by atoms with Crippen molar-refractivity contribution in [1.29, 1.82) is 0 Å². The van der Waals surface area contributed by atoms with E-state index in [0.29, 0.717) is 11.4 Å². The normalized spacial score (nSPS) is 10.4. The minimum absolute atomic E-state index is 0.159. The molecular formula is C18H16N4O5S. The average Bonchev–Trinajstić information content (AvgIpc) is 3.14. The number of nitro groups is 1. The number of nitrogens with one attached hydrogen (secondary N) is 1. The molecule has 10 heteroatoms. The van der Waals surface area contributed by atoms with E-state index in [9.17, 15) is 14.9 Å². The molecule has 0 saturated carbocycles. The van der Waals surface area contributed by atoms with Gasteiger partial charge in [-0.1, -0.05) is 41.7 Å². The van der Waals surface area contributed by atoms with Crippen molar-refractivity contribution in [2.75, 3.05) is 19.5 Å². The van der Waals surface area contributed by atoms with Gasteiger partial charge in [0.05, 0.1) is 25.2 Å². The molecule has 0 aliphatic heterocycles. The number of carbonyl (C=O) groups is 1. The molecule has 0 saturated heterocycles. The number of anilines is 1. The highest BCUT2D eigenvalue weighted by Gasteiger charge is 2.25. The van der Waals surface area contributed by atoms with Gasteiger partial charge in [0.15, 0.2) is 11.5 Å². The van der Waals surface area contributed by atoms with Crippen LogP contribution in [0, 0.1) is 10.1 Å². The van der Waals surface area contributed by atoms with Crippen molar-refractivity contribution in [3.8, 4) is 11.5 Å². The first kappa shape index (κ1) is 19.2. The van der Waals surface area contributed by atoms with Gasteiger partial charge >= 0.3 is 0 Å². The topological polar surface area (TPSA) is 116 Å². The molecule has 1 N–H and O–H groups in total. The van der Waals surface area contributed by atoms with E-state index in [1.165, 1.54) is 31.6 Å². The van der Waals surface area contributed by atoms with Crippen LogP contribution in [0.1, 0.15) is 20.9 Å². The number of benzene rings is 2. The summed E-state index contributed by atoms with van der Waals surface area (Å²) in [5.74, 6) is -0.317. The maximum Gasteiger partial charge on any atom is 0.286 e. The van der Waals surface area contributed by atoms with Crippen LogP contribution in [0.3, 0.4) is 0 Å². The summed E-state index contributed by atoms with van der Waals surface area (Å²) in [5.41, 5.74) is 0.499. The van der Waals surface area contributed by atoms with Gasteiger partial charge in [0.25, 0.3) is 11.6 Å². The zero-order valence-electron chi connectivity index (χ0n) is 15.0. The first-order valence-corrected chi connectivity index (χ1v) is 8.91. The summed E-state index contributed by atoms with van der Waals surface area (Å²) in [6.07, 6.45) is 0.574. The lowest BCUT2D eigenvalue weighted by Gasteiger charge is -2.10. The predicted octanol–water partition coefficient (Wildman–Crippen LogP) is 3.31. The quantitative estimate of drug-likeness (QED) is 0.478. The molecule has 0 spiro atoms. The van der Waals surface area contributed by atoms with Crippen LogP contribution in [0.25, 0.3) is 0 Å². The molecule has 1 aromatic heterocycles. The Labute approximate surface area is 164 Å². The largest absolute Gasteiger partial charge is 0.493 e. The van der Waals surface area contributed by atoms with Crippen molar-refractivity contribution >= 4 is 28.1 Å². The van der Waals surface area contributed by atoms with E-state index in [2.05, 4.69) is 15.5 Å². The van der Waals surface area contributed by atoms with E-state index < -0.39 is 16.5 Å². The second kappa shape index (κ2) is 8.44. The second-order valence-corrected chi connectivity index (χ2v) is 6.66. The number of rotatable bonds is 7. The number of amides is 1. The molecular weight excluding hydrogens is 384 g/mol. The van der Waals surface area contributed by atoms with Crippen molar-refractivity contribution in [2.45, 2.75) is 6.42 Å². The maximum atomic E-state index is 12.6. The van der Waals surface area contributed by atoms with Gasteiger partial charge in [-0.2, -0.15) is 0 Å². The average molecular weight is 400 g/mol. The molecule has 0 unspecified atom stereocenters. The van der Waals surface area contributed by atoms with Gasteiger partial charge in [0, 0.05) is 12.5 Å². The lowest BCUT2D eigenvalue weighted by molar-refractivity contribution is -0.385. The predicted molar refractivity (Wildman–Crippen MR) is 103 cm³/mol. The summed E-state index contributed by atoms with van der Waals surface area (Å²) in [7, 11) is 2.74. The molecule has 9 nitrogen and oxygen atoms in total. The van der Waals surface area contributed by atoms with E-state index >= 15 is 0 Å². The number of aromatic nitrogens is 2. The fourth-order valence-corrected chi connectivity index (χ4v) is 3.28. The van der Waals surface area contributed by atoms with Gasteiger partial charge in [-0.25, -0.2) is 0 Å². The first-order chi connectivity index (χ1) is 13.5. The standard InChI is InChI=1S/C18H16N4O5S/c1-26-14-9-12(13(22(24)25)10-15(14)27-2)17(23)19-18-21-20-16(28-18)8-11-6-4-3-5-7-11/h3-7,9-10H,8H2,1-2H3,(H,19,21,23). The Morgan fingerprint density at radius 3 is 2.46 bits per heavy atom. The highest BCUT2D eigenvalue weighted by Crippen LogP contribution is 2.35. The van der Waals surface area contributed by atoms with Crippen LogP contribution in [0.15, 0.2) is 42.5 Å². The Kier molecular flexibility index (Phi) is 5.80. The van der Waals surface area contributed by atoms with E-state index in [0.717, 1.165) is 11.6 Å². The van der Waals surface area contributed by atoms with Crippen LogP contribution < -0.4 is 14.8 Å². The number of hydrogen-bond acceptors (Lipinski definition) is 8. The molecule has 2 aromatic carbocycles. The van der Waals surface area contributed by atoms with Crippen molar-refractivity contribution < 1.29 is 19.2 Å². The molecule has 144 valence electrons.